The Labute approximate surface area is 116 Å². The van der Waals surface area contributed by atoms with Crippen molar-refractivity contribution in [1.82, 2.24) is 10.3 Å². The molecule has 5 heteroatoms. The van der Waals surface area contributed by atoms with Crippen molar-refractivity contribution in [3.63, 3.8) is 0 Å². The van der Waals surface area contributed by atoms with Gasteiger partial charge in [-0.1, -0.05) is 20.8 Å². The largest absolute Gasteiger partial charge is 0.343 e. The van der Waals surface area contributed by atoms with Crippen LogP contribution in [-0.4, -0.2) is 35.5 Å². The van der Waals surface area contributed by atoms with Crippen LogP contribution in [-0.2, 0) is 9.59 Å². The fraction of sp³-hybridized carbons (Fsp3) is 0.786. The monoisotopic (exact) mass is 269 g/mol. The molecule has 0 aromatic carbocycles. The lowest BCUT2D eigenvalue weighted by atomic mass is 9.92. The van der Waals surface area contributed by atoms with Gasteiger partial charge in [0.15, 0.2) is 0 Å². The predicted molar refractivity (Wildman–Crippen MR) is 77.9 cm³/mol. The molecular weight excluding hydrogens is 242 g/mol. The summed E-state index contributed by atoms with van der Waals surface area (Å²) >= 11 is 0. The summed E-state index contributed by atoms with van der Waals surface area (Å²) in [6.45, 7) is 10.9. The molecule has 1 fully saturated rings. The molecule has 0 unspecified atom stereocenters. The van der Waals surface area contributed by atoms with Crippen molar-refractivity contribution in [2.24, 2.45) is 11.0 Å². The topological polar surface area (TPSA) is 61.8 Å². The first-order valence-electron chi connectivity index (χ1n) is 7.13. The second-order valence-electron chi connectivity index (χ2n) is 4.43. The maximum atomic E-state index is 11.5. The molecule has 0 aromatic heterocycles. The maximum absolute atomic E-state index is 11.5. The van der Waals surface area contributed by atoms with Crippen LogP contribution < -0.4 is 5.43 Å². The molecule has 5 nitrogen and oxygen atoms in total. The summed E-state index contributed by atoms with van der Waals surface area (Å²) in [5.74, 6) is 0.450. The third-order valence-electron chi connectivity index (χ3n) is 3.13. The molecule has 0 aromatic rings. The highest BCUT2D eigenvalue weighted by molar-refractivity contribution is 5.86. The molecule has 2 amide bonds. The molecule has 1 saturated heterocycles. The van der Waals surface area contributed by atoms with E-state index in [9.17, 15) is 9.59 Å². The fourth-order valence-corrected chi connectivity index (χ4v) is 2.03. The predicted octanol–water partition coefficient (Wildman–Crippen LogP) is 2.17. The van der Waals surface area contributed by atoms with E-state index in [-0.39, 0.29) is 11.8 Å². The Balaban J connectivity index is 0.00000154. The van der Waals surface area contributed by atoms with E-state index in [1.165, 1.54) is 6.92 Å². The van der Waals surface area contributed by atoms with Gasteiger partial charge >= 0.3 is 0 Å². The highest BCUT2D eigenvalue weighted by Crippen LogP contribution is 2.19. The standard InChI is InChI=1S/C12H21N3O2.C2H6/c1-4-12(17)15-7-5-11(6-8-15)9(2)13-14-10(3)16;1-2/h11H,4-8H2,1-3H3,(H,14,16);1-2H3/b13-9+;. The van der Waals surface area contributed by atoms with Gasteiger partial charge in [-0.25, -0.2) is 5.43 Å². The lowest BCUT2D eigenvalue weighted by Gasteiger charge is -2.31. The highest BCUT2D eigenvalue weighted by atomic mass is 16.2. The van der Waals surface area contributed by atoms with Crippen molar-refractivity contribution in [3.05, 3.63) is 0 Å². The Morgan fingerprint density at radius 3 is 2.16 bits per heavy atom. The van der Waals surface area contributed by atoms with Crippen molar-refractivity contribution < 1.29 is 9.59 Å². The number of piperidine rings is 1. The molecule has 110 valence electrons. The first kappa shape index (κ1) is 17.6. The van der Waals surface area contributed by atoms with Crippen molar-refractivity contribution in [2.45, 2.75) is 53.9 Å². The van der Waals surface area contributed by atoms with E-state index in [4.69, 9.17) is 0 Å². The number of hydrazone groups is 1. The van der Waals surface area contributed by atoms with Crippen LogP contribution in [0.1, 0.15) is 53.9 Å². The van der Waals surface area contributed by atoms with E-state index in [2.05, 4.69) is 10.5 Å². The zero-order valence-corrected chi connectivity index (χ0v) is 12.8. The smallest absolute Gasteiger partial charge is 0.236 e. The maximum Gasteiger partial charge on any atom is 0.236 e. The quantitative estimate of drug-likeness (QED) is 0.630. The zero-order valence-electron chi connectivity index (χ0n) is 12.8. The highest BCUT2D eigenvalue weighted by Gasteiger charge is 2.23. The van der Waals surface area contributed by atoms with E-state index < -0.39 is 0 Å². The van der Waals surface area contributed by atoms with Crippen molar-refractivity contribution in [1.29, 1.82) is 0 Å². The van der Waals surface area contributed by atoms with E-state index in [1.54, 1.807) is 0 Å². The summed E-state index contributed by atoms with van der Waals surface area (Å²) in [7, 11) is 0. The first-order valence-corrected chi connectivity index (χ1v) is 7.13. The fourth-order valence-electron chi connectivity index (χ4n) is 2.03. The molecule has 1 rings (SSSR count). The average molecular weight is 269 g/mol. The van der Waals surface area contributed by atoms with E-state index >= 15 is 0 Å². The van der Waals surface area contributed by atoms with Gasteiger partial charge in [0.1, 0.15) is 0 Å². The first-order chi connectivity index (χ1) is 9.04. The van der Waals surface area contributed by atoms with Gasteiger partial charge in [0.05, 0.1) is 0 Å². The van der Waals surface area contributed by atoms with Gasteiger partial charge in [0.25, 0.3) is 0 Å². The Kier molecular flexibility index (Phi) is 8.83. The van der Waals surface area contributed by atoms with Crippen LogP contribution in [0.3, 0.4) is 0 Å². The van der Waals surface area contributed by atoms with Crippen LogP contribution >= 0.6 is 0 Å². The summed E-state index contributed by atoms with van der Waals surface area (Å²) in [6, 6.07) is 0. The molecule has 1 N–H and O–H groups in total. The SMILES string of the molecule is CC.CCC(=O)N1CCC(/C(C)=N/NC(C)=O)CC1. The Morgan fingerprint density at radius 2 is 1.74 bits per heavy atom. The molecule has 0 spiro atoms. The van der Waals surface area contributed by atoms with Crippen molar-refractivity contribution in [2.75, 3.05) is 13.1 Å². The summed E-state index contributed by atoms with van der Waals surface area (Å²) in [5.41, 5.74) is 3.40. The van der Waals surface area contributed by atoms with Crippen LogP contribution in [0, 0.1) is 5.92 Å². The van der Waals surface area contributed by atoms with E-state index in [1.807, 2.05) is 32.6 Å². The van der Waals surface area contributed by atoms with Gasteiger partial charge in [-0.3, -0.25) is 9.59 Å². The third kappa shape index (κ3) is 6.36. The number of hydrogen-bond donors (Lipinski definition) is 1. The van der Waals surface area contributed by atoms with E-state index in [0.29, 0.717) is 12.3 Å². The van der Waals surface area contributed by atoms with Crippen LogP contribution in [0.25, 0.3) is 0 Å². The molecule has 19 heavy (non-hydrogen) atoms. The molecule has 0 radical (unpaired) electrons. The number of amides is 2. The van der Waals surface area contributed by atoms with Crippen LogP contribution in [0.5, 0.6) is 0 Å². The van der Waals surface area contributed by atoms with Crippen molar-refractivity contribution >= 4 is 17.5 Å². The molecule has 1 aliphatic rings. The lowest BCUT2D eigenvalue weighted by molar-refractivity contribution is -0.132. The third-order valence-corrected chi connectivity index (χ3v) is 3.13. The minimum Gasteiger partial charge on any atom is -0.343 e. The number of nitrogens with zero attached hydrogens (tertiary/aromatic N) is 2. The summed E-state index contributed by atoms with van der Waals surface area (Å²) in [6.07, 6.45) is 2.44. The van der Waals surface area contributed by atoms with Crippen LogP contribution in [0.2, 0.25) is 0 Å². The molecule has 0 bridgehead atoms. The van der Waals surface area contributed by atoms with Crippen molar-refractivity contribution in [3.8, 4) is 0 Å². The number of likely N-dealkylation sites (tertiary alicyclic amines) is 1. The van der Waals surface area contributed by atoms with Gasteiger partial charge in [-0.05, 0) is 19.8 Å². The Bertz CT molecular complexity index is 319. The van der Waals surface area contributed by atoms with Crippen LogP contribution in [0.15, 0.2) is 5.10 Å². The lowest BCUT2D eigenvalue weighted by Crippen LogP contribution is -2.39. The second-order valence-corrected chi connectivity index (χ2v) is 4.43. The van der Waals surface area contributed by atoms with E-state index in [0.717, 1.165) is 31.6 Å². The number of hydrogen-bond acceptors (Lipinski definition) is 3. The van der Waals surface area contributed by atoms with Gasteiger partial charge in [0.2, 0.25) is 11.8 Å². The zero-order chi connectivity index (χ0) is 14.8. The summed E-state index contributed by atoms with van der Waals surface area (Å²) in [4.78, 5) is 24.1. The summed E-state index contributed by atoms with van der Waals surface area (Å²) < 4.78 is 0. The van der Waals surface area contributed by atoms with Gasteiger partial charge in [-0.2, -0.15) is 5.10 Å². The molecule has 0 atom stereocenters. The summed E-state index contributed by atoms with van der Waals surface area (Å²) in [5, 5.41) is 4.05. The second kappa shape index (κ2) is 9.53. The number of rotatable bonds is 3. The number of nitrogens with one attached hydrogen (secondary N) is 1. The van der Waals surface area contributed by atoms with Gasteiger partial charge < -0.3 is 4.90 Å². The van der Waals surface area contributed by atoms with Crippen LogP contribution in [0.4, 0.5) is 0 Å². The number of carbonyl (C=O) groups is 2. The Hall–Kier alpha value is -1.39. The number of carbonyl (C=O) groups excluding carboxylic acids is 2. The Morgan fingerprint density at radius 1 is 1.21 bits per heavy atom. The minimum atomic E-state index is -0.150. The molecule has 0 aliphatic carbocycles. The minimum absolute atomic E-state index is 0.150. The average Bonchev–Trinajstić information content (AvgIpc) is 2.46. The molecule has 0 saturated carbocycles. The van der Waals surface area contributed by atoms with Gasteiger partial charge in [-0.15, -0.1) is 0 Å². The molecule has 1 heterocycles. The normalized spacial score (nSPS) is 16.5. The molecule has 1 aliphatic heterocycles. The van der Waals surface area contributed by atoms with Gasteiger partial charge in [0, 0.05) is 38.1 Å². The molecular formula is C14H27N3O2.